The molecule has 0 radical (unpaired) electrons. The second-order valence-corrected chi connectivity index (χ2v) is 6.16. The quantitative estimate of drug-likeness (QED) is 0.918. The van der Waals surface area contributed by atoms with Crippen molar-refractivity contribution in [2.45, 2.75) is 51.3 Å². The molecule has 20 heavy (non-hydrogen) atoms. The maximum Gasteiger partial charge on any atom is 0.0957 e. The number of aliphatic hydroxyl groups excluding tert-OH is 1. The predicted octanol–water partition coefficient (Wildman–Crippen LogP) is 2.20. The van der Waals surface area contributed by atoms with Crippen molar-refractivity contribution in [1.82, 2.24) is 9.88 Å². The van der Waals surface area contributed by atoms with Gasteiger partial charge in [-0.05, 0) is 44.9 Å². The molecule has 3 heterocycles. The monoisotopic (exact) mass is 275 g/mol. The van der Waals surface area contributed by atoms with E-state index < -0.39 is 6.10 Å². The lowest BCUT2D eigenvalue weighted by Gasteiger charge is -2.43. The summed E-state index contributed by atoms with van der Waals surface area (Å²) in [6, 6.07) is 5.33. The SMILES string of the molecule is CCC(O)c1ccc(N2CC3CCCN3CC2C)cn1. The summed E-state index contributed by atoms with van der Waals surface area (Å²) in [7, 11) is 0. The molecule has 1 N–H and O–H groups in total. The number of hydrogen-bond donors (Lipinski definition) is 1. The van der Waals surface area contributed by atoms with Crippen LogP contribution in [0.2, 0.25) is 0 Å². The van der Waals surface area contributed by atoms with E-state index in [4.69, 9.17) is 0 Å². The first kappa shape index (κ1) is 13.8. The number of fused-ring (bicyclic) bond motifs is 1. The van der Waals surface area contributed by atoms with E-state index in [0.29, 0.717) is 18.5 Å². The van der Waals surface area contributed by atoms with Gasteiger partial charge in [0.15, 0.2) is 0 Å². The van der Waals surface area contributed by atoms with Gasteiger partial charge in [0.25, 0.3) is 0 Å². The number of aliphatic hydroxyl groups is 1. The molecule has 2 aliphatic rings. The number of nitrogens with zero attached hydrogens (tertiary/aromatic N) is 3. The lowest BCUT2D eigenvalue weighted by Crippen LogP contribution is -2.55. The third-order valence-corrected chi connectivity index (χ3v) is 4.77. The van der Waals surface area contributed by atoms with Crippen LogP contribution in [0, 0.1) is 0 Å². The Hall–Kier alpha value is -1.13. The normalized spacial score (nSPS) is 28.4. The highest BCUT2D eigenvalue weighted by Crippen LogP contribution is 2.28. The molecule has 0 spiro atoms. The number of anilines is 1. The van der Waals surface area contributed by atoms with E-state index in [1.165, 1.54) is 25.1 Å². The summed E-state index contributed by atoms with van der Waals surface area (Å²) in [5.41, 5.74) is 1.97. The van der Waals surface area contributed by atoms with Crippen LogP contribution in [0.3, 0.4) is 0 Å². The van der Waals surface area contributed by atoms with Crippen molar-refractivity contribution in [3.05, 3.63) is 24.0 Å². The first-order valence-electron chi connectivity index (χ1n) is 7.83. The Kier molecular flexibility index (Phi) is 3.94. The van der Waals surface area contributed by atoms with Gasteiger partial charge in [-0.3, -0.25) is 9.88 Å². The van der Waals surface area contributed by atoms with E-state index in [0.717, 1.165) is 18.8 Å². The van der Waals surface area contributed by atoms with Gasteiger partial charge in [0.2, 0.25) is 0 Å². The minimum Gasteiger partial charge on any atom is -0.387 e. The molecule has 3 rings (SSSR count). The fraction of sp³-hybridized carbons (Fsp3) is 0.688. The highest BCUT2D eigenvalue weighted by Gasteiger charge is 2.34. The van der Waals surface area contributed by atoms with E-state index >= 15 is 0 Å². The fourth-order valence-corrected chi connectivity index (χ4v) is 3.52. The number of pyridine rings is 1. The summed E-state index contributed by atoms with van der Waals surface area (Å²) in [6.45, 7) is 7.80. The molecule has 3 unspecified atom stereocenters. The lowest BCUT2D eigenvalue weighted by molar-refractivity contribution is 0.169. The molecule has 4 heteroatoms. The average molecular weight is 275 g/mol. The predicted molar refractivity (Wildman–Crippen MR) is 80.9 cm³/mol. The summed E-state index contributed by atoms with van der Waals surface area (Å²) in [4.78, 5) is 9.54. The molecule has 0 bridgehead atoms. The zero-order valence-corrected chi connectivity index (χ0v) is 12.5. The average Bonchev–Trinajstić information content (AvgIpc) is 2.93. The van der Waals surface area contributed by atoms with Crippen LogP contribution < -0.4 is 4.90 Å². The Morgan fingerprint density at radius 3 is 2.95 bits per heavy atom. The molecule has 0 saturated carbocycles. The Labute approximate surface area is 121 Å². The van der Waals surface area contributed by atoms with Crippen molar-refractivity contribution in [2.24, 2.45) is 0 Å². The molecular weight excluding hydrogens is 250 g/mol. The molecule has 2 fully saturated rings. The maximum atomic E-state index is 9.82. The van der Waals surface area contributed by atoms with E-state index in [1.807, 2.05) is 19.2 Å². The molecule has 4 nitrogen and oxygen atoms in total. The molecular formula is C16H25N3O. The Morgan fingerprint density at radius 1 is 1.40 bits per heavy atom. The van der Waals surface area contributed by atoms with Crippen LogP contribution in [0.1, 0.15) is 44.9 Å². The van der Waals surface area contributed by atoms with E-state index in [-0.39, 0.29) is 0 Å². The van der Waals surface area contributed by atoms with E-state index in [9.17, 15) is 5.11 Å². The standard InChI is InChI=1S/C16H25N3O/c1-3-16(20)15-7-6-13(9-17-15)19-11-14-5-4-8-18(14)10-12(19)2/h6-7,9,12,14,16,20H,3-5,8,10-11H2,1-2H3. The van der Waals surface area contributed by atoms with Gasteiger partial charge in [0.1, 0.15) is 0 Å². The van der Waals surface area contributed by atoms with Crippen molar-refractivity contribution < 1.29 is 5.11 Å². The molecule has 2 saturated heterocycles. The van der Waals surface area contributed by atoms with Gasteiger partial charge in [-0.1, -0.05) is 6.92 Å². The van der Waals surface area contributed by atoms with Gasteiger partial charge < -0.3 is 10.0 Å². The molecule has 110 valence electrons. The largest absolute Gasteiger partial charge is 0.387 e. The van der Waals surface area contributed by atoms with Gasteiger partial charge in [-0.25, -0.2) is 0 Å². The summed E-state index contributed by atoms with van der Waals surface area (Å²) in [5.74, 6) is 0. The maximum absolute atomic E-state index is 9.82. The molecule has 1 aromatic heterocycles. The van der Waals surface area contributed by atoms with Gasteiger partial charge in [-0.2, -0.15) is 0 Å². The first-order valence-corrected chi connectivity index (χ1v) is 7.83. The number of piperazine rings is 1. The first-order chi connectivity index (χ1) is 9.69. The van der Waals surface area contributed by atoms with Gasteiger partial charge in [-0.15, -0.1) is 0 Å². The minimum absolute atomic E-state index is 0.437. The highest BCUT2D eigenvalue weighted by atomic mass is 16.3. The van der Waals surface area contributed by atoms with Crippen LogP contribution in [-0.2, 0) is 0 Å². The second kappa shape index (κ2) is 5.70. The van der Waals surface area contributed by atoms with Crippen LogP contribution in [0.25, 0.3) is 0 Å². The topological polar surface area (TPSA) is 39.6 Å². The van der Waals surface area contributed by atoms with E-state index in [1.54, 1.807) is 0 Å². The van der Waals surface area contributed by atoms with Crippen molar-refractivity contribution in [3.8, 4) is 0 Å². The van der Waals surface area contributed by atoms with E-state index in [2.05, 4.69) is 27.8 Å². The van der Waals surface area contributed by atoms with Crippen molar-refractivity contribution >= 4 is 5.69 Å². The Morgan fingerprint density at radius 2 is 2.25 bits per heavy atom. The molecule has 3 atom stereocenters. The smallest absolute Gasteiger partial charge is 0.0957 e. The summed E-state index contributed by atoms with van der Waals surface area (Å²) < 4.78 is 0. The lowest BCUT2D eigenvalue weighted by atomic mass is 10.1. The molecule has 0 aromatic carbocycles. The molecule has 2 aliphatic heterocycles. The van der Waals surface area contributed by atoms with Crippen molar-refractivity contribution in [2.75, 3.05) is 24.5 Å². The van der Waals surface area contributed by atoms with Crippen LogP contribution in [0.5, 0.6) is 0 Å². The molecule has 1 aromatic rings. The fourth-order valence-electron chi connectivity index (χ4n) is 3.52. The highest BCUT2D eigenvalue weighted by molar-refractivity contribution is 5.47. The molecule has 0 aliphatic carbocycles. The van der Waals surface area contributed by atoms with Crippen molar-refractivity contribution in [1.29, 1.82) is 0 Å². The zero-order valence-electron chi connectivity index (χ0n) is 12.5. The van der Waals surface area contributed by atoms with Crippen LogP contribution >= 0.6 is 0 Å². The number of rotatable bonds is 3. The Balaban J connectivity index is 1.74. The van der Waals surface area contributed by atoms with Crippen LogP contribution in [-0.4, -0.2) is 46.7 Å². The van der Waals surface area contributed by atoms with Gasteiger partial charge in [0.05, 0.1) is 23.7 Å². The molecule has 0 amide bonds. The van der Waals surface area contributed by atoms with Crippen molar-refractivity contribution in [3.63, 3.8) is 0 Å². The zero-order chi connectivity index (χ0) is 14.1. The van der Waals surface area contributed by atoms with Gasteiger partial charge >= 0.3 is 0 Å². The van der Waals surface area contributed by atoms with Crippen LogP contribution in [0.15, 0.2) is 18.3 Å². The summed E-state index contributed by atoms with van der Waals surface area (Å²) in [6.07, 6.45) is 4.86. The Bertz CT molecular complexity index is 448. The summed E-state index contributed by atoms with van der Waals surface area (Å²) >= 11 is 0. The second-order valence-electron chi connectivity index (χ2n) is 6.16. The number of hydrogen-bond acceptors (Lipinski definition) is 4. The third kappa shape index (κ3) is 2.54. The van der Waals surface area contributed by atoms with Gasteiger partial charge in [0, 0.05) is 25.2 Å². The minimum atomic E-state index is -0.437. The summed E-state index contributed by atoms with van der Waals surface area (Å²) in [5, 5.41) is 9.82. The number of aromatic nitrogens is 1. The van der Waals surface area contributed by atoms with Crippen LogP contribution in [0.4, 0.5) is 5.69 Å². The third-order valence-electron chi connectivity index (χ3n) is 4.77.